The average molecular weight is 397 g/mol. The molecule has 0 amide bonds. The Labute approximate surface area is 172 Å². The highest BCUT2D eigenvalue weighted by atomic mass is 35.5. The first-order valence-electron chi connectivity index (χ1n) is 9.82. The van der Waals surface area contributed by atoms with Crippen molar-refractivity contribution in [1.29, 1.82) is 0 Å². The molecule has 2 aromatic heterocycles. The van der Waals surface area contributed by atoms with Crippen LogP contribution in [0.4, 0.5) is 0 Å². The van der Waals surface area contributed by atoms with Gasteiger partial charge in [-0.2, -0.15) is 0 Å². The summed E-state index contributed by atoms with van der Waals surface area (Å²) in [4.78, 5) is 0. The summed E-state index contributed by atoms with van der Waals surface area (Å²) < 4.78 is 4.60. The van der Waals surface area contributed by atoms with Gasteiger partial charge >= 0.3 is 0 Å². The Bertz CT molecular complexity index is 514. The van der Waals surface area contributed by atoms with E-state index < -0.39 is 0 Å². The van der Waals surface area contributed by atoms with Crippen LogP contribution in [-0.2, 0) is 13.1 Å². The Morgan fingerprint density at radius 1 is 0.538 bits per heavy atom. The molecule has 0 N–H and O–H groups in total. The monoisotopic (exact) mass is 396 g/mol. The minimum Gasteiger partial charge on any atom is -1.00 e. The van der Waals surface area contributed by atoms with Crippen LogP contribution in [0.25, 0.3) is 11.1 Å². The topological polar surface area (TPSA) is 7.76 Å². The molecular weight excluding hydrogens is 363 g/mol. The van der Waals surface area contributed by atoms with Crippen molar-refractivity contribution >= 4 is 0 Å². The molecule has 0 aromatic carbocycles. The third-order valence-electron chi connectivity index (χ3n) is 4.66. The number of rotatable bonds is 11. The summed E-state index contributed by atoms with van der Waals surface area (Å²) in [6.45, 7) is 6.78. The van der Waals surface area contributed by atoms with Gasteiger partial charge in [0, 0.05) is 37.1 Å². The standard InChI is InChI=1S/C22H34N2.2ClH/c1-3-5-7-9-15-23-17-11-21(12-18-23)22-13-19-24(20-14-22)16-10-8-6-4-2;;/h11-14,17-20H,3-10,15-16H2,1-2H3;2*1H/q+2;;/p-2. The van der Waals surface area contributed by atoms with E-state index in [0.29, 0.717) is 0 Å². The molecule has 26 heavy (non-hydrogen) atoms. The van der Waals surface area contributed by atoms with Crippen molar-refractivity contribution < 1.29 is 33.9 Å². The van der Waals surface area contributed by atoms with Crippen molar-refractivity contribution in [2.24, 2.45) is 0 Å². The van der Waals surface area contributed by atoms with Crippen molar-refractivity contribution in [2.75, 3.05) is 0 Å². The van der Waals surface area contributed by atoms with Crippen LogP contribution in [-0.4, -0.2) is 0 Å². The summed E-state index contributed by atoms with van der Waals surface area (Å²) >= 11 is 0. The van der Waals surface area contributed by atoms with E-state index in [-0.39, 0.29) is 24.8 Å². The first kappa shape index (κ1) is 24.9. The van der Waals surface area contributed by atoms with Gasteiger partial charge in [-0.05, 0) is 24.0 Å². The fraction of sp³-hybridized carbons (Fsp3) is 0.545. The molecule has 0 fully saturated rings. The van der Waals surface area contributed by atoms with Gasteiger partial charge in [-0.25, -0.2) is 9.13 Å². The van der Waals surface area contributed by atoms with E-state index >= 15 is 0 Å². The van der Waals surface area contributed by atoms with E-state index in [0.717, 1.165) is 13.1 Å². The lowest BCUT2D eigenvalue weighted by Gasteiger charge is -2.02. The van der Waals surface area contributed by atoms with Gasteiger partial charge in [0.25, 0.3) is 0 Å². The van der Waals surface area contributed by atoms with Crippen LogP contribution in [0.15, 0.2) is 49.1 Å². The maximum absolute atomic E-state index is 2.30. The lowest BCUT2D eigenvalue weighted by atomic mass is 10.1. The van der Waals surface area contributed by atoms with Gasteiger partial charge in [-0.1, -0.05) is 39.5 Å². The van der Waals surface area contributed by atoms with Gasteiger partial charge < -0.3 is 24.8 Å². The molecule has 0 saturated heterocycles. The number of hydrogen-bond donors (Lipinski definition) is 0. The largest absolute Gasteiger partial charge is 1.00 e. The molecule has 0 spiro atoms. The number of aryl methyl sites for hydroxylation is 2. The molecule has 0 radical (unpaired) electrons. The Hall–Kier alpha value is -1.12. The predicted octanol–water partition coefficient (Wildman–Crippen LogP) is -0.903. The molecule has 0 aliphatic heterocycles. The summed E-state index contributed by atoms with van der Waals surface area (Å²) in [5, 5.41) is 0. The SMILES string of the molecule is CCCCCC[n+]1ccc(-c2cc[n+](CCCCCC)cc2)cc1.[Cl-].[Cl-]. The van der Waals surface area contributed by atoms with Gasteiger partial charge in [-0.3, -0.25) is 0 Å². The molecule has 0 saturated carbocycles. The van der Waals surface area contributed by atoms with Crippen LogP contribution in [0.2, 0.25) is 0 Å². The maximum atomic E-state index is 2.30. The first-order chi connectivity index (χ1) is 11.8. The summed E-state index contributed by atoms with van der Waals surface area (Å²) in [5.41, 5.74) is 2.61. The minimum absolute atomic E-state index is 0. The summed E-state index contributed by atoms with van der Waals surface area (Å²) in [5.74, 6) is 0. The molecular formula is C22H34Cl2N2. The zero-order chi connectivity index (χ0) is 17.0. The highest BCUT2D eigenvalue weighted by Gasteiger charge is 2.05. The quantitative estimate of drug-likeness (QED) is 0.343. The molecule has 0 bridgehead atoms. The number of unbranched alkanes of at least 4 members (excludes halogenated alkanes) is 6. The molecule has 0 aliphatic carbocycles. The van der Waals surface area contributed by atoms with Gasteiger partial charge in [0.05, 0.1) is 0 Å². The highest BCUT2D eigenvalue weighted by molar-refractivity contribution is 5.60. The molecule has 2 nitrogen and oxygen atoms in total. The molecule has 2 heterocycles. The van der Waals surface area contributed by atoms with E-state index in [1.165, 1.54) is 62.5 Å². The molecule has 4 heteroatoms. The van der Waals surface area contributed by atoms with Gasteiger partial charge in [0.2, 0.25) is 0 Å². The van der Waals surface area contributed by atoms with Crippen LogP contribution < -0.4 is 33.9 Å². The Morgan fingerprint density at radius 3 is 1.19 bits per heavy atom. The van der Waals surface area contributed by atoms with Gasteiger partial charge in [0.15, 0.2) is 24.8 Å². The van der Waals surface area contributed by atoms with E-state index in [1.807, 2.05) is 0 Å². The van der Waals surface area contributed by atoms with E-state index in [4.69, 9.17) is 0 Å². The van der Waals surface area contributed by atoms with Crippen molar-refractivity contribution in [2.45, 2.75) is 78.3 Å². The Morgan fingerprint density at radius 2 is 0.885 bits per heavy atom. The fourth-order valence-corrected chi connectivity index (χ4v) is 3.04. The lowest BCUT2D eigenvalue weighted by Crippen LogP contribution is -3.00. The predicted molar refractivity (Wildman–Crippen MR) is 101 cm³/mol. The second kappa shape index (κ2) is 15.0. The number of pyridine rings is 2. The second-order valence-electron chi connectivity index (χ2n) is 6.77. The van der Waals surface area contributed by atoms with Crippen LogP contribution in [0, 0.1) is 0 Å². The molecule has 2 aromatic rings. The average Bonchev–Trinajstić information content (AvgIpc) is 2.64. The normalized spacial score (nSPS) is 10.1. The first-order valence-corrected chi connectivity index (χ1v) is 9.82. The molecule has 2 rings (SSSR count). The van der Waals surface area contributed by atoms with E-state index in [2.05, 4.69) is 72.0 Å². The Kier molecular flexibility index (Phi) is 14.3. The summed E-state index contributed by atoms with van der Waals surface area (Å²) in [6, 6.07) is 8.95. The highest BCUT2D eigenvalue weighted by Crippen LogP contribution is 2.15. The maximum Gasteiger partial charge on any atom is 0.169 e. The van der Waals surface area contributed by atoms with Crippen molar-refractivity contribution in [3.05, 3.63) is 49.1 Å². The molecule has 0 unspecified atom stereocenters. The van der Waals surface area contributed by atoms with Gasteiger partial charge in [-0.15, -0.1) is 0 Å². The summed E-state index contributed by atoms with van der Waals surface area (Å²) in [7, 11) is 0. The van der Waals surface area contributed by atoms with Crippen LogP contribution >= 0.6 is 0 Å². The van der Waals surface area contributed by atoms with Crippen molar-refractivity contribution in [1.82, 2.24) is 0 Å². The summed E-state index contributed by atoms with van der Waals surface area (Å²) in [6.07, 6.45) is 19.4. The van der Waals surface area contributed by atoms with Crippen LogP contribution in [0.3, 0.4) is 0 Å². The lowest BCUT2D eigenvalue weighted by molar-refractivity contribution is -0.697. The Balaban J connectivity index is 0.00000312. The number of halogens is 2. The molecule has 0 atom stereocenters. The number of nitrogens with zero attached hydrogens (tertiary/aromatic N) is 2. The zero-order valence-corrected chi connectivity index (χ0v) is 17.9. The van der Waals surface area contributed by atoms with Crippen molar-refractivity contribution in [3.8, 4) is 11.1 Å². The van der Waals surface area contributed by atoms with Crippen molar-refractivity contribution in [3.63, 3.8) is 0 Å². The van der Waals surface area contributed by atoms with Crippen LogP contribution in [0.5, 0.6) is 0 Å². The zero-order valence-electron chi connectivity index (χ0n) is 16.3. The second-order valence-corrected chi connectivity index (χ2v) is 6.77. The molecule has 146 valence electrons. The molecule has 0 aliphatic rings. The van der Waals surface area contributed by atoms with E-state index in [9.17, 15) is 0 Å². The minimum atomic E-state index is 0. The number of hydrogen-bond acceptors (Lipinski definition) is 0. The van der Waals surface area contributed by atoms with E-state index in [1.54, 1.807) is 0 Å². The fourth-order valence-electron chi connectivity index (χ4n) is 3.04. The third kappa shape index (κ3) is 9.00. The van der Waals surface area contributed by atoms with Gasteiger partial charge in [0.1, 0.15) is 13.1 Å². The van der Waals surface area contributed by atoms with Crippen LogP contribution in [0.1, 0.15) is 65.2 Å². The third-order valence-corrected chi connectivity index (χ3v) is 4.66. The number of aromatic nitrogens is 2. The smallest absolute Gasteiger partial charge is 0.169 e.